The van der Waals surface area contributed by atoms with Crippen LogP contribution in [0.1, 0.15) is 6.92 Å². The van der Waals surface area contributed by atoms with E-state index in [1.807, 2.05) is 6.92 Å². The molecule has 0 radical (unpaired) electrons. The lowest BCUT2D eigenvalue weighted by molar-refractivity contribution is -0.290. The zero-order valence-corrected chi connectivity index (χ0v) is 15.7. The summed E-state index contributed by atoms with van der Waals surface area (Å²) in [7, 11) is 0. The number of thioether (sulfide) groups is 1. The Morgan fingerprint density at radius 2 is 1.93 bits per heavy atom. The van der Waals surface area contributed by atoms with Gasteiger partial charge in [0.05, 0.1) is 6.20 Å². The first-order chi connectivity index (χ1) is 13.1. The van der Waals surface area contributed by atoms with E-state index in [9.17, 15) is 22.0 Å². The molecule has 12 heteroatoms. The molecule has 0 aliphatic heterocycles. The molecule has 3 aromatic rings. The molecule has 0 aliphatic rings. The summed E-state index contributed by atoms with van der Waals surface area (Å²) in [4.78, 5) is 13.0. The maximum Gasteiger partial charge on any atom is 0.456 e. The maximum atomic E-state index is 13.1. The van der Waals surface area contributed by atoms with E-state index < -0.39 is 24.6 Å². The van der Waals surface area contributed by atoms with Crippen molar-refractivity contribution in [2.45, 2.75) is 23.9 Å². The fourth-order valence-corrected chi connectivity index (χ4v) is 3.18. The Morgan fingerprint density at radius 1 is 1.18 bits per heavy atom. The number of fused-ring (bicyclic) bond motifs is 1. The van der Waals surface area contributed by atoms with Crippen molar-refractivity contribution in [1.29, 1.82) is 0 Å². The molecule has 3 heterocycles. The molecule has 0 N–H and O–H groups in total. The number of rotatable bonds is 6. The van der Waals surface area contributed by atoms with Crippen LogP contribution in [0.5, 0.6) is 5.88 Å². The van der Waals surface area contributed by atoms with E-state index in [4.69, 9.17) is 11.6 Å². The summed E-state index contributed by atoms with van der Waals surface area (Å²) in [5.74, 6) is -4.34. The van der Waals surface area contributed by atoms with Crippen LogP contribution < -0.4 is 4.74 Å². The molecular weight excluding hydrogens is 427 g/mol. The van der Waals surface area contributed by atoms with E-state index in [-0.39, 0.29) is 10.7 Å². The van der Waals surface area contributed by atoms with Crippen LogP contribution in [0, 0.1) is 0 Å². The Labute approximate surface area is 164 Å². The van der Waals surface area contributed by atoms with Crippen LogP contribution in [0.15, 0.2) is 35.6 Å². The topological polar surface area (TPSA) is 52.3 Å². The Morgan fingerprint density at radius 3 is 2.61 bits per heavy atom. The van der Waals surface area contributed by atoms with Gasteiger partial charge in [-0.1, -0.05) is 18.5 Å². The Balaban J connectivity index is 2.00. The van der Waals surface area contributed by atoms with Gasteiger partial charge in [0.1, 0.15) is 16.4 Å². The zero-order chi connectivity index (χ0) is 20.5. The van der Waals surface area contributed by atoms with Gasteiger partial charge in [0.2, 0.25) is 5.88 Å². The van der Waals surface area contributed by atoms with E-state index >= 15 is 0 Å². The van der Waals surface area contributed by atoms with E-state index in [1.54, 1.807) is 12.1 Å². The van der Waals surface area contributed by atoms with E-state index in [1.165, 1.54) is 34.8 Å². The molecule has 0 fully saturated rings. The molecular formula is C16H12ClF5N4OS. The minimum absolute atomic E-state index is 0.115. The molecule has 150 valence electrons. The summed E-state index contributed by atoms with van der Waals surface area (Å²) in [6, 6.07) is 3.39. The van der Waals surface area contributed by atoms with Crippen LogP contribution in [-0.2, 0) is 0 Å². The first kappa shape index (κ1) is 20.6. The second-order valence-electron chi connectivity index (χ2n) is 5.47. The van der Waals surface area contributed by atoms with E-state index in [2.05, 4.69) is 19.7 Å². The quantitative estimate of drug-likeness (QED) is 0.303. The molecule has 0 unspecified atom stereocenters. The highest BCUT2D eigenvalue weighted by atomic mass is 35.5. The van der Waals surface area contributed by atoms with Crippen LogP contribution in [0.4, 0.5) is 22.0 Å². The number of aromatic nitrogens is 4. The van der Waals surface area contributed by atoms with Gasteiger partial charge in [0, 0.05) is 17.3 Å². The predicted octanol–water partition coefficient (Wildman–Crippen LogP) is 5.13. The van der Waals surface area contributed by atoms with Crippen molar-refractivity contribution in [3.8, 4) is 17.4 Å². The van der Waals surface area contributed by atoms with Gasteiger partial charge in [-0.15, -0.1) is 11.8 Å². The number of alkyl halides is 5. The third-order valence-electron chi connectivity index (χ3n) is 3.56. The van der Waals surface area contributed by atoms with E-state index in [0.717, 1.165) is 10.6 Å². The summed E-state index contributed by atoms with van der Waals surface area (Å²) in [5, 5.41) is 0.225. The normalized spacial score (nSPS) is 12.5. The van der Waals surface area contributed by atoms with Crippen molar-refractivity contribution in [2.24, 2.45) is 0 Å². The van der Waals surface area contributed by atoms with Crippen molar-refractivity contribution >= 4 is 28.9 Å². The van der Waals surface area contributed by atoms with Crippen molar-refractivity contribution in [3.05, 3.63) is 35.9 Å². The average Bonchev–Trinajstić information content (AvgIpc) is 3.05. The minimum atomic E-state index is -5.72. The Hall–Kier alpha value is -2.14. The zero-order valence-electron chi connectivity index (χ0n) is 14.2. The van der Waals surface area contributed by atoms with Gasteiger partial charge in [-0.25, -0.2) is 15.0 Å². The monoisotopic (exact) mass is 438 g/mol. The SMILES string of the molecule is CCSc1ccc(Cl)nc1-c1ncc2c(OCC(F)(F)C(F)(F)F)nccn12. The molecule has 0 amide bonds. The lowest BCUT2D eigenvalue weighted by atomic mass is 10.3. The first-order valence-electron chi connectivity index (χ1n) is 7.83. The van der Waals surface area contributed by atoms with Crippen LogP contribution in [0.3, 0.4) is 0 Å². The summed E-state index contributed by atoms with van der Waals surface area (Å²) >= 11 is 7.47. The highest BCUT2D eigenvalue weighted by Crippen LogP contribution is 2.36. The fraction of sp³-hybridized carbons (Fsp3) is 0.312. The number of imidazole rings is 1. The molecule has 28 heavy (non-hydrogen) atoms. The number of ether oxygens (including phenoxy) is 1. The van der Waals surface area contributed by atoms with Crippen LogP contribution >= 0.6 is 23.4 Å². The van der Waals surface area contributed by atoms with Crippen molar-refractivity contribution in [2.75, 3.05) is 12.4 Å². The lowest BCUT2D eigenvalue weighted by Gasteiger charge is -2.19. The standard InChI is InChI=1S/C16H12ClF5N4OS/c1-2-28-10-3-4-11(17)25-12(10)13-24-7-9-14(23-5-6-26(9)13)27-8-15(18,19)16(20,21)22/h3-7H,2,8H2,1H3. The Kier molecular flexibility index (Phi) is 5.67. The predicted molar refractivity (Wildman–Crippen MR) is 94.1 cm³/mol. The third-order valence-corrected chi connectivity index (χ3v) is 4.70. The molecule has 0 aromatic carbocycles. The van der Waals surface area contributed by atoms with Crippen LogP contribution in [0.25, 0.3) is 17.0 Å². The highest BCUT2D eigenvalue weighted by Gasteiger charge is 2.58. The largest absolute Gasteiger partial charge is 0.469 e. The summed E-state index contributed by atoms with van der Waals surface area (Å²) in [6.45, 7) is 0.0550. The molecule has 0 spiro atoms. The highest BCUT2D eigenvalue weighted by molar-refractivity contribution is 7.99. The molecule has 0 bridgehead atoms. The Bertz CT molecular complexity index is 995. The number of halogens is 6. The second kappa shape index (κ2) is 7.70. The van der Waals surface area contributed by atoms with Crippen molar-refractivity contribution < 1.29 is 26.7 Å². The summed E-state index contributed by atoms with van der Waals surface area (Å²) in [5.41, 5.74) is 0.557. The van der Waals surface area contributed by atoms with Gasteiger partial charge >= 0.3 is 12.1 Å². The molecule has 3 rings (SSSR count). The molecule has 0 saturated carbocycles. The fourth-order valence-electron chi connectivity index (χ4n) is 2.29. The van der Waals surface area contributed by atoms with Gasteiger partial charge < -0.3 is 4.74 Å². The van der Waals surface area contributed by atoms with Crippen LogP contribution in [0.2, 0.25) is 5.15 Å². The number of hydrogen-bond donors (Lipinski definition) is 0. The van der Waals surface area contributed by atoms with Gasteiger partial charge in [-0.2, -0.15) is 22.0 Å². The second-order valence-corrected chi connectivity index (χ2v) is 7.17. The third kappa shape index (κ3) is 4.00. The summed E-state index contributed by atoms with van der Waals surface area (Å²) in [6.07, 6.45) is -1.79. The van der Waals surface area contributed by atoms with Gasteiger partial charge in [0.25, 0.3) is 0 Å². The van der Waals surface area contributed by atoms with Gasteiger partial charge in [0.15, 0.2) is 12.4 Å². The van der Waals surface area contributed by atoms with Gasteiger partial charge in [-0.3, -0.25) is 4.40 Å². The number of nitrogens with zero attached hydrogens (tertiary/aromatic N) is 4. The lowest BCUT2D eigenvalue weighted by Crippen LogP contribution is -2.41. The first-order valence-corrected chi connectivity index (χ1v) is 9.19. The van der Waals surface area contributed by atoms with Crippen LogP contribution in [-0.4, -0.2) is 43.8 Å². The minimum Gasteiger partial charge on any atom is -0.469 e. The van der Waals surface area contributed by atoms with Gasteiger partial charge in [-0.05, 0) is 17.9 Å². The smallest absolute Gasteiger partial charge is 0.456 e. The van der Waals surface area contributed by atoms with Crippen molar-refractivity contribution in [3.63, 3.8) is 0 Å². The molecule has 3 aromatic heterocycles. The van der Waals surface area contributed by atoms with E-state index in [0.29, 0.717) is 11.5 Å². The van der Waals surface area contributed by atoms with Crippen molar-refractivity contribution in [1.82, 2.24) is 19.4 Å². The average molecular weight is 439 g/mol. The maximum absolute atomic E-state index is 13.1. The summed E-state index contributed by atoms with van der Waals surface area (Å²) < 4.78 is 69.4. The number of pyridine rings is 1. The molecule has 0 saturated heterocycles. The molecule has 0 atom stereocenters. The number of hydrogen-bond acceptors (Lipinski definition) is 5. The molecule has 5 nitrogen and oxygen atoms in total. The molecule has 0 aliphatic carbocycles.